The Balaban J connectivity index is 2.04. The number of hydrogen-bond acceptors (Lipinski definition) is 2. The van der Waals surface area contributed by atoms with Crippen LogP contribution in [-0.2, 0) is 0 Å². The van der Waals surface area contributed by atoms with Gasteiger partial charge in [0.25, 0.3) is 0 Å². The largest absolute Gasteiger partial charge is 0.311 e. The zero-order chi connectivity index (χ0) is 11.6. The smallest absolute Gasteiger partial charge is 0.0337 e. The van der Waals surface area contributed by atoms with Gasteiger partial charge in [-0.3, -0.25) is 4.90 Å². The van der Waals surface area contributed by atoms with Crippen LogP contribution in [0.3, 0.4) is 0 Å². The molecule has 2 unspecified atom stereocenters. The van der Waals surface area contributed by atoms with E-state index in [-0.39, 0.29) is 0 Å². The highest BCUT2D eigenvalue weighted by atomic mass is 35.5. The molecule has 2 nitrogen and oxygen atoms in total. The van der Waals surface area contributed by atoms with Gasteiger partial charge in [-0.2, -0.15) is 0 Å². The maximum absolute atomic E-state index is 5.66. The van der Waals surface area contributed by atoms with Gasteiger partial charge in [-0.1, -0.05) is 24.6 Å². The molecule has 0 amide bonds. The number of hydrogen-bond donors (Lipinski definition) is 1. The van der Waals surface area contributed by atoms with E-state index >= 15 is 0 Å². The van der Waals surface area contributed by atoms with Crippen LogP contribution in [0.15, 0.2) is 11.6 Å². The van der Waals surface area contributed by atoms with Gasteiger partial charge in [-0.05, 0) is 32.1 Å². The van der Waals surface area contributed by atoms with Crippen molar-refractivity contribution in [1.82, 2.24) is 10.2 Å². The number of halogens is 1. The van der Waals surface area contributed by atoms with Gasteiger partial charge < -0.3 is 5.32 Å². The van der Waals surface area contributed by atoms with Gasteiger partial charge in [0.15, 0.2) is 0 Å². The Morgan fingerprint density at radius 1 is 1.50 bits per heavy atom. The summed E-state index contributed by atoms with van der Waals surface area (Å²) in [6.07, 6.45) is 6.08. The highest BCUT2D eigenvalue weighted by Gasteiger charge is 2.47. The predicted molar refractivity (Wildman–Crippen MR) is 69.8 cm³/mol. The summed E-state index contributed by atoms with van der Waals surface area (Å²) in [6.45, 7) is 7.95. The van der Waals surface area contributed by atoms with Crippen molar-refractivity contribution in [2.24, 2.45) is 5.92 Å². The van der Waals surface area contributed by atoms with Crippen molar-refractivity contribution >= 4 is 11.6 Å². The molecular weight excluding hydrogens is 220 g/mol. The van der Waals surface area contributed by atoms with E-state index in [1.165, 1.54) is 19.3 Å². The van der Waals surface area contributed by atoms with E-state index in [2.05, 4.69) is 30.1 Å². The average molecular weight is 243 g/mol. The molecule has 2 rings (SSSR count). The van der Waals surface area contributed by atoms with Crippen molar-refractivity contribution in [1.29, 1.82) is 0 Å². The SMILES string of the molecule is CCC1CN(C/C=C/Cl)C(C)(C2CC2)CN1. The lowest BCUT2D eigenvalue weighted by molar-refractivity contribution is 0.0451. The highest BCUT2D eigenvalue weighted by molar-refractivity contribution is 6.25. The Hall–Kier alpha value is -0.0500. The number of nitrogens with one attached hydrogen (secondary N) is 1. The van der Waals surface area contributed by atoms with Gasteiger partial charge >= 0.3 is 0 Å². The second-order valence-electron chi connectivity index (χ2n) is 5.38. The van der Waals surface area contributed by atoms with Crippen LogP contribution in [0.25, 0.3) is 0 Å². The first-order valence-corrected chi connectivity index (χ1v) is 6.88. The van der Waals surface area contributed by atoms with Crippen LogP contribution in [0, 0.1) is 5.92 Å². The fourth-order valence-corrected chi connectivity index (χ4v) is 2.91. The molecule has 1 heterocycles. The lowest BCUT2D eigenvalue weighted by Gasteiger charge is -2.48. The van der Waals surface area contributed by atoms with Crippen molar-refractivity contribution in [2.45, 2.75) is 44.7 Å². The van der Waals surface area contributed by atoms with Gasteiger partial charge in [-0.25, -0.2) is 0 Å². The molecule has 2 fully saturated rings. The summed E-state index contributed by atoms with van der Waals surface area (Å²) in [5, 5.41) is 3.69. The summed E-state index contributed by atoms with van der Waals surface area (Å²) < 4.78 is 0. The van der Waals surface area contributed by atoms with E-state index in [1.54, 1.807) is 5.54 Å². The van der Waals surface area contributed by atoms with E-state index in [1.807, 2.05) is 0 Å². The van der Waals surface area contributed by atoms with Crippen LogP contribution in [0.5, 0.6) is 0 Å². The first-order valence-electron chi connectivity index (χ1n) is 6.44. The quantitative estimate of drug-likeness (QED) is 0.815. The molecule has 0 radical (unpaired) electrons. The van der Waals surface area contributed by atoms with Crippen LogP contribution in [-0.4, -0.2) is 36.1 Å². The number of nitrogens with zero attached hydrogens (tertiary/aromatic N) is 1. The summed E-state index contributed by atoms with van der Waals surface area (Å²) in [7, 11) is 0. The molecule has 1 aliphatic carbocycles. The first-order chi connectivity index (χ1) is 7.70. The molecule has 92 valence electrons. The molecule has 1 N–H and O–H groups in total. The highest BCUT2D eigenvalue weighted by Crippen LogP contribution is 2.43. The van der Waals surface area contributed by atoms with Gasteiger partial charge in [-0.15, -0.1) is 0 Å². The molecule has 0 bridgehead atoms. The van der Waals surface area contributed by atoms with E-state index in [9.17, 15) is 0 Å². The Morgan fingerprint density at radius 3 is 2.81 bits per heavy atom. The zero-order valence-electron chi connectivity index (χ0n) is 10.4. The minimum absolute atomic E-state index is 0.349. The van der Waals surface area contributed by atoms with Crippen molar-refractivity contribution in [3.63, 3.8) is 0 Å². The van der Waals surface area contributed by atoms with E-state index in [0.29, 0.717) is 11.6 Å². The molecule has 1 aliphatic heterocycles. The maximum Gasteiger partial charge on any atom is 0.0337 e. The first kappa shape index (κ1) is 12.4. The topological polar surface area (TPSA) is 15.3 Å². The van der Waals surface area contributed by atoms with Crippen LogP contribution >= 0.6 is 11.6 Å². The van der Waals surface area contributed by atoms with Crippen LogP contribution in [0.1, 0.15) is 33.1 Å². The van der Waals surface area contributed by atoms with E-state index in [0.717, 1.165) is 25.6 Å². The Morgan fingerprint density at radius 2 is 2.25 bits per heavy atom. The van der Waals surface area contributed by atoms with Gasteiger partial charge in [0.1, 0.15) is 0 Å². The van der Waals surface area contributed by atoms with Crippen molar-refractivity contribution in [3.05, 3.63) is 11.6 Å². The Bertz CT molecular complexity index is 263. The summed E-state index contributed by atoms with van der Waals surface area (Å²) in [5.41, 5.74) is 2.00. The van der Waals surface area contributed by atoms with Gasteiger partial charge in [0.2, 0.25) is 0 Å². The maximum atomic E-state index is 5.66. The zero-order valence-corrected chi connectivity index (χ0v) is 11.1. The third kappa shape index (κ3) is 2.44. The van der Waals surface area contributed by atoms with Crippen LogP contribution in [0.2, 0.25) is 0 Å². The molecule has 0 spiro atoms. The lowest BCUT2D eigenvalue weighted by Crippen LogP contribution is -2.64. The summed E-state index contributed by atoms with van der Waals surface area (Å²) in [5.74, 6) is 0.890. The number of rotatable bonds is 4. The van der Waals surface area contributed by atoms with Crippen LogP contribution in [0.4, 0.5) is 0 Å². The van der Waals surface area contributed by atoms with Crippen molar-refractivity contribution < 1.29 is 0 Å². The fourth-order valence-electron chi connectivity index (χ4n) is 2.83. The van der Waals surface area contributed by atoms with Crippen LogP contribution < -0.4 is 5.32 Å². The Labute approximate surface area is 104 Å². The molecular formula is C13H23ClN2. The number of piperazine rings is 1. The molecule has 3 heteroatoms. The molecule has 2 atom stereocenters. The minimum Gasteiger partial charge on any atom is -0.311 e. The molecule has 0 aromatic carbocycles. The standard InChI is InChI=1S/C13H23ClN2/c1-3-12-9-16(8-4-7-14)13(2,10-15-12)11-5-6-11/h4,7,11-12,15H,3,5-6,8-10H2,1-2H3/b7-4+. The summed E-state index contributed by atoms with van der Waals surface area (Å²) in [6, 6.07) is 0.649. The third-order valence-corrected chi connectivity index (χ3v) is 4.45. The monoisotopic (exact) mass is 242 g/mol. The van der Waals surface area contributed by atoms with Gasteiger partial charge in [0.05, 0.1) is 0 Å². The Kier molecular flexibility index (Phi) is 3.93. The van der Waals surface area contributed by atoms with Crippen molar-refractivity contribution in [2.75, 3.05) is 19.6 Å². The lowest BCUT2D eigenvalue weighted by atomic mass is 9.89. The summed E-state index contributed by atoms with van der Waals surface area (Å²) in [4.78, 5) is 2.62. The molecule has 0 aromatic rings. The fraction of sp³-hybridized carbons (Fsp3) is 0.846. The van der Waals surface area contributed by atoms with E-state index in [4.69, 9.17) is 11.6 Å². The van der Waals surface area contributed by atoms with E-state index < -0.39 is 0 Å². The van der Waals surface area contributed by atoms with Gasteiger partial charge in [0, 0.05) is 36.8 Å². The molecule has 1 saturated carbocycles. The minimum atomic E-state index is 0.349. The molecule has 16 heavy (non-hydrogen) atoms. The predicted octanol–water partition coefficient (Wildman–Crippen LogP) is 2.59. The second-order valence-corrected chi connectivity index (χ2v) is 5.64. The summed E-state index contributed by atoms with van der Waals surface area (Å²) >= 11 is 5.66. The molecule has 0 aromatic heterocycles. The third-order valence-electron chi connectivity index (χ3n) is 4.28. The molecule has 2 aliphatic rings. The second kappa shape index (κ2) is 5.07. The molecule has 1 saturated heterocycles. The van der Waals surface area contributed by atoms with Crippen molar-refractivity contribution in [3.8, 4) is 0 Å². The normalized spacial score (nSPS) is 37.1. The average Bonchev–Trinajstić information content (AvgIpc) is 3.12.